The first-order valence-electron chi connectivity index (χ1n) is 12.6. The Bertz CT molecular complexity index is 588. The third kappa shape index (κ3) is 16.5. The Hall–Kier alpha value is -1.10. The summed E-state index contributed by atoms with van der Waals surface area (Å²) in [6, 6.07) is 0. The van der Waals surface area contributed by atoms with Crippen LogP contribution in [0.5, 0.6) is 0 Å². The van der Waals surface area contributed by atoms with Gasteiger partial charge in [-0.2, -0.15) is 0 Å². The molecule has 0 heterocycles. The Labute approximate surface area is 207 Å². The van der Waals surface area contributed by atoms with Crippen molar-refractivity contribution in [2.75, 3.05) is 13.1 Å². The van der Waals surface area contributed by atoms with E-state index in [1.54, 1.807) is 0 Å². The topological polar surface area (TPSA) is 44.3 Å². The second kappa shape index (κ2) is 20.5. The third-order valence-corrected chi connectivity index (χ3v) is 6.45. The van der Waals surface area contributed by atoms with Crippen LogP contribution in [-0.2, 0) is 0 Å². The quantitative estimate of drug-likeness (QED) is 0.0964. The maximum Gasteiger partial charge on any atom is 0.166 e. The number of alkyl halides is 1. The minimum Gasteiger partial charge on any atom is -0.392 e. The highest BCUT2D eigenvalue weighted by molar-refractivity contribution is 7.80. The van der Waals surface area contributed by atoms with Gasteiger partial charge in [0, 0.05) is 13.1 Å². The predicted octanol–water partition coefficient (Wildman–Crippen LogP) is 6.97. The summed E-state index contributed by atoms with van der Waals surface area (Å²) in [7, 11) is 0. The fraction of sp³-hybridized carbons (Fsp3) is 0.667. The van der Waals surface area contributed by atoms with Gasteiger partial charge in [0.1, 0.15) is 0 Å². The molecule has 0 aromatic rings. The Morgan fingerprint density at radius 3 is 2.06 bits per heavy atom. The number of hydrogen-bond donors (Lipinski definition) is 3. The van der Waals surface area contributed by atoms with Gasteiger partial charge in [-0.05, 0) is 82.3 Å². The van der Waals surface area contributed by atoms with Crippen molar-refractivity contribution in [2.24, 2.45) is 5.92 Å². The highest BCUT2D eigenvalue weighted by Crippen LogP contribution is 2.27. The molecule has 32 heavy (non-hydrogen) atoms. The molecule has 3 nitrogen and oxygen atoms in total. The molecule has 0 bridgehead atoms. The third-order valence-electron chi connectivity index (χ3n) is 5.69. The molecule has 0 spiro atoms. The average molecular weight is 481 g/mol. The van der Waals surface area contributed by atoms with E-state index in [4.69, 9.17) is 23.8 Å². The summed E-state index contributed by atoms with van der Waals surface area (Å²) in [5.74, 6) is 0.490. The van der Waals surface area contributed by atoms with E-state index in [9.17, 15) is 5.11 Å². The van der Waals surface area contributed by atoms with Crippen LogP contribution in [-0.4, -0.2) is 34.8 Å². The summed E-state index contributed by atoms with van der Waals surface area (Å²) in [6.45, 7) is 3.96. The summed E-state index contributed by atoms with van der Waals surface area (Å²) < 4.78 is 0. The van der Waals surface area contributed by atoms with Gasteiger partial charge in [-0.25, -0.2) is 0 Å². The Morgan fingerprint density at radius 2 is 1.47 bits per heavy atom. The lowest BCUT2D eigenvalue weighted by Gasteiger charge is -2.30. The number of hydrogen-bond acceptors (Lipinski definition) is 2. The van der Waals surface area contributed by atoms with Gasteiger partial charge in [-0.3, -0.25) is 0 Å². The second-order valence-corrected chi connectivity index (χ2v) is 9.60. The van der Waals surface area contributed by atoms with Gasteiger partial charge in [0.2, 0.25) is 0 Å². The average Bonchev–Trinajstić information content (AvgIpc) is 2.79. The van der Waals surface area contributed by atoms with E-state index >= 15 is 0 Å². The van der Waals surface area contributed by atoms with Crippen LogP contribution in [0.25, 0.3) is 0 Å². The summed E-state index contributed by atoms with van der Waals surface area (Å²) in [5, 5.41) is 16.8. The van der Waals surface area contributed by atoms with Gasteiger partial charge < -0.3 is 15.7 Å². The molecule has 1 aliphatic carbocycles. The number of aliphatic hydroxyl groups excluding tert-OH is 1. The molecule has 0 aromatic heterocycles. The number of allylic oxidation sites excluding steroid dienone is 8. The van der Waals surface area contributed by atoms with Crippen molar-refractivity contribution in [2.45, 2.75) is 95.5 Å². The fourth-order valence-corrected chi connectivity index (χ4v) is 4.21. The SMILES string of the molecule is CCCCC/C=C\C/C=C\C/C=C\C/C=C\CCCNC(=S)NCC1CCC(O)C(Cl)C1. The first kappa shape index (κ1) is 28.9. The molecule has 0 saturated heterocycles. The van der Waals surface area contributed by atoms with Crippen molar-refractivity contribution >= 4 is 28.9 Å². The van der Waals surface area contributed by atoms with E-state index in [2.05, 4.69) is 66.2 Å². The van der Waals surface area contributed by atoms with E-state index in [0.717, 1.165) is 64.5 Å². The number of unbranched alkanes of at least 4 members (excludes halogenated alkanes) is 4. The lowest BCUT2D eigenvalue weighted by atomic mass is 9.87. The molecular weight excluding hydrogens is 436 g/mol. The zero-order valence-corrected chi connectivity index (χ0v) is 21.6. The van der Waals surface area contributed by atoms with E-state index in [1.165, 1.54) is 25.7 Å². The Kier molecular flexibility index (Phi) is 18.5. The van der Waals surface area contributed by atoms with Crippen LogP contribution < -0.4 is 10.6 Å². The van der Waals surface area contributed by atoms with E-state index < -0.39 is 0 Å². The summed E-state index contributed by atoms with van der Waals surface area (Å²) in [4.78, 5) is 0. The number of halogens is 1. The van der Waals surface area contributed by atoms with E-state index in [-0.39, 0.29) is 11.5 Å². The number of aliphatic hydroxyl groups is 1. The van der Waals surface area contributed by atoms with Crippen molar-refractivity contribution in [3.05, 3.63) is 48.6 Å². The first-order valence-corrected chi connectivity index (χ1v) is 13.4. The Balaban J connectivity index is 1.92. The molecule has 3 atom stereocenters. The predicted molar refractivity (Wildman–Crippen MR) is 145 cm³/mol. The first-order chi connectivity index (χ1) is 15.6. The number of thiocarbonyl (C=S) groups is 1. The molecular formula is C27H45ClN2OS. The standard InChI is InChI=1S/C27H45ClN2OS/c1-2-3-4-5-6-7-8-9-10-11-12-13-14-15-16-17-18-21-29-27(32)30-23-24-19-20-26(31)25(28)22-24/h6-7,9-10,12-13,15-16,24-26,31H,2-5,8,11,14,17-23H2,1H3,(H2,29,30,32)/b7-6-,10-9-,13-12-,16-15-. The van der Waals surface area contributed by atoms with Crippen LogP contribution in [0, 0.1) is 5.92 Å². The molecule has 0 aliphatic heterocycles. The van der Waals surface area contributed by atoms with Crippen molar-refractivity contribution in [1.29, 1.82) is 0 Å². The normalized spacial score (nSPS) is 21.9. The maximum absolute atomic E-state index is 9.69. The van der Waals surface area contributed by atoms with Gasteiger partial charge in [0.25, 0.3) is 0 Å². The second-order valence-electron chi connectivity index (χ2n) is 8.63. The molecule has 0 amide bonds. The van der Waals surface area contributed by atoms with Crippen molar-refractivity contribution < 1.29 is 5.11 Å². The van der Waals surface area contributed by atoms with Crippen molar-refractivity contribution in [3.8, 4) is 0 Å². The smallest absolute Gasteiger partial charge is 0.166 e. The lowest BCUT2D eigenvalue weighted by molar-refractivity contribution is 0.114. The molecule has 1 fully saturated rings. The summed E-state index contributed by atoms with van der Waals surface area (Å²) in [6.07, 6.45) is 30.7. The fourth-order valence-electron chi connectivity index (χ4n) is 3.65. The molecule has 182 valence electrons. The van der Waals surface area contributed by atoms with Crippen LogP contribution in [0.2, 0.25) is 0 Å². The van der Waals surface area contributed by atoms with Crippen LogP contribution in [0.1, 0.15) is 84.0 Å². The van der Waals surface area contributed by atoms with Crippen LogP contribution in [0.4, 0.5) is 0 Å². The van der Waals surface area contributed by atoms with Gasteiger partial charge in [0.15, 0.2) is 5.11 Å². The zero-order valence-electron chi connectivity index (χ0n) is 20.0. The molecule has 1 aliphatic rings. The zero-order chi connectivity index (χ0) is 23.3. The summed E-state index contributed by atoms with van der Waals surface area (Å²) >= 11 is 11.5. The Morgan fingerprint density at radius 1 is 0.875 bits per heavy atom. The largest absolute Gasteiger partial charge is 0.392 e. The van der Waals surface area contributed by atoms with E-state index in [1.807, 2.05) is 0 Å². The summed E-state index contributed by atoms with van der Waals surface area (Å²) in [5.41, 5.74) is 0. The van der Waals surface area contributed by atoms with Crippen LogP contribution >= 0.6 is 23.8 Å². The highest BCUT2D eigenvalue weighted by atomic mass is 35.5. The van der Waals surface area contributed by atoms with Gasteiger partial charge in [-0.1, -0.05) is 68.4 Å². The molecule has 3 N–H and O–H groups in total. The van der Waals surface area contributed by atoms with Crippen LogP contribution in [0.3, 0.4) is 0 Å². The number of nitrogens with one attached hydrogen (secondary N) is 2. The van der Waals surface area contributed by atoms with Crippen molar-refractivity contribution in [3.63, 3.8) is 0 Å². The molecule has 5 heteroatoms. The van der Waals surface area contributed by atoms with Crippen molar-refractivity contribution in [1.82, 2.24) is 10.6 Å². The van der Waals surface area contributed by atoms with E-state index in [0.29, 0.717) is 11.0 Å². The van der Waals surface area contributed by atoms with Gasteiger partial charge in [-0.15, -0.1) is 11.6 Å². The molecule has 1 rings (SSSR count). The molecule has 0 aromatic carbocycles. The minimum absolute atomic E-state index is 0.123. The van der Waals surface area contributed by atoms with Gasteiger partial charge >= 0.3 is 0 Å². The van der Waals surface area contributed by atoms with Crippen LogP contribution in [0.15, 0.2) is 48.6 Å². The van der Waals surface area contributed by atoms with Gasteiger partial charge in [0.05, 0.1) is 11.5 Å². The highest BCUT2D eigenvalue weighted by Gasteiger charge is 2.27. The lowest BCUT2D eigenvalue weighted by Crippen LogP contribution is -2.41. The maximum atomic E-state index is 9.69. The molecule has 0 radical (unpaired) electrons. The minimum atomic E-state index is -0.351. The number of rotatable bonds is 16. The molecule has 1 saturated carbocycles. The molecule has 3 unspecified atom stereocenters. The monoisotopic (exact) mass is 480 g/mol.